The zero-order chi connectivity index (χ0) is 22.1. The maximum Gasteiger partial charge on any atom is 0.297 e. The lowest BCUT2D eigenvalue weighted by molar-refractivity contribution is -0.120. The lowest BCUT2D eigenvalue weighted by Crippen LogP contribution is -2.46. The van der Waals surface area contributed by atoms with Gasteiger partial charge in [-0.3, -0.25) is 9.59 Å². The van der Waals surface area contributed by atoms with E-state index in [0.29, 0.717) is 23.7 Å². The molecular formula is C24H24ClN3O3. The van der Waals surface area contributed by atoms with Gasteiger partial charge in [0.1, 0.15) is 0 Å². The third-order valence-electron chi connectivity index (χ3n) is 5.67. The predicted molar refractivity (Wildman–Crippen MR) is 121 cm³/mol. The highest BCUT2D eigenvalue weighted by Gasteiger charge is 2.39. The minimum atomic E-state index is -0.359. The second-order valence-corrected chi connectivity index (χ2v) is 8.20. The van der Waals surface area contributed by atoms with Gasteiger partial charge in [-0.05, 0) is 63.1 Å². The average Bonchev–Trinajstić information content (AvgIpc) is 3.21. The van der Waals surface area contributed by atoms with Crippen LogP contribution in [0.25, 0.3) is 0 Å². The number of carbonyl (C=O) groups is 2. The van der Waals surface area contributed by atoms with Crippen LogP contribution >= 0.6 is 11.6 Å². The van der Waals surface area contributed by atoms with Crippen molar-refractivity contribution in [1.29, 1.82) is 0 Å². The second kappa shape index (κ2) is 8.55. The molecular weight excluding hydrogens is 414 g/mol. The van der Waals surface area contributed by atoms with E-state index < -0.39 is 0 Å². The van der Waals surface area contributed by atoms with Crippen LogP contribution in [-0.4, -0.2) is 29.6 Å². The molecule has 0 fully saturated rings. The van der Waals surface area contributed by atoms with Crippen LogP contribution in [0.4, 0.5) is 11.4 Å². The molecule has 0 aliphatic carbocycles. The summed E-state index contributed by atoms with van der Waals surface area (Å²) in [4.78, 5) is 30.3. The highest BCUT2D eigenvalue weighted by molar-refractivity contribution is 6.30. The first kappa shape index (κ1) is 21.1. The van der Waals surface area contributed by atoms with Gasteiger partial charge in [0.2, 0.25) is 11.7 Å². The van der Waals surface area contributed by atoms with Crippen molar-refractivity contribution < 1.29 is 14.1 Å². The molecule has 1 aromatic heterocycles. The number of para-hydroxylation sites is 1. The van der Waals surface area contributed by atoms with Crippen molar-refractivity contribution in [3.05, 3.63) is 76.6 Å². The number of hydrogen-bond donors (Lipinski definition) is 0. The van der Waals surface area contributed by atoms with Crippen LogP contribution in [-0.2, 0) is 4.79 Å². The molecule has 1 aliphatic rings. The molecule has 160 valence electrons. The van der Waals surface area contributed by atoms with E-state index >= 15 is 0 Å². The predicted octanol–water partition coefficient (Wildman–Crippen LogP) is 5.21. The summed E-state index contributed by atoms with van der Waals surface area (Å²) in [6.07, 6.45) is 0.513. The largest absolute Gasteiger partial charge is 0.351 e. The molecule has 0 bridgehead atoms. The van der Waals surface area contributed by atoms with E-state index in [-0.39, 0.29) is 29.5 Å². The number of carbonyl (C=O) groups excluding carboxylic acids is 2. The Morgan fingerprint density at radius 3 is 2.55 bits per heavy atom. The van der Waals surface area contributed by atoms with E-state index in [4.69, 9.17) is 16.1 Å². The van der Waals surface area contributed by atoms with Gasteiger partial charge in [0.15, 0.2) is 0 Å². The number of anilines is 2. The number of rotatable bonds is 4. The summed E-state index contributed by atoms with van der Waals surface area (Å²) in [6.45, 7) is 6.22. The maximum atomic E-state index is 13.6. The van der Waals surface area contributed by atoms with Crippen molar-refractivity contribution in [1.82, 2.24) is 5.16 Å². The first-order chi connectivity index (χ1) is 14.9. The van der Waals surface area contributed by atoms with E-state index in [2.05, 4.69) is 5.16 Å². The molecule has 2 heterocycles. The molecule has 0 saturated carbocycles. The summed E-state index contributed by atoms with van der Waals surface area (Å²) in [5.41, 5.74) is 3.02. The molecule has 0 N–H and O–H groups in total. The molecule has 0 radical (unpaired) electrons. The molecule has 1 aliphatic heterocycles. The van der Waals surface area contributed by atoms with Gasteiger partial charge in [-0.25, -0.2) is 0 Å². The number of benzene rings is 2. The highest BCUT2D eigenvalue weighted by atomic mass is 35.5. The van der Waals surface area contributed by atoms with Gasteiger partial charge in [0, 0.05) is 35.1 Å². The zero-order valence-corrected chi connectivity index (χ0v) is 18.5. The molecule has 4 rings (SSSR count). The van der Waals surface area contributed by atoms with E-state index in [0.717, 1.165) is 16.9 Å². The van der Waals surface area contributed by atoms with Crippen molar-refractivity contribution in [2.45, 2.75) is 39.2 Å². The lowest BCUT2D eigenvalue weighted by Gasteiger charge is -2.39. The van der Waals surface area contributed by atoms with Crippen LogP contribution in [0.3, 0.4) is 0 Å². The molecule has 0 saturated heterocycles. The molecule has 31 heavy (non-hydrogen) atoms. The summed E-state index contributed by atoms with van der Waals surface area (Å²) in [5, 5.41) is 4.46. The maximum absolute atomic E-state index is 13.6. The number of fused-ring (bicyclic) bond motifs is 1. The normalized spacial score (nSPS) is 17.9. The van der Waals surface area contributed by atoms with Crippen molar-refractivity contribution in [3.63, 3.8) is 0 Å². The Morgan fingerprint density at radius 2 is 1.90 bits per heavy atom. The topological polar surface area (TPSA) is 66.7 Å². The van der Waals surface area contributed by atoms with Crippen molar-refractivity contribution in [2.75, 3.05) is 16.3 Å². The lowest BCUT2D eigenvalue weighted by atomic mass is 9.84. The smallest absolute Gasteiger partial charge is 0.297 e. The minimum Gasteiger partial charge on any atom is -0.351 e. The van der Waals surface area contributed by atoms with Crippen LogP contribution in [0.2, 0.25) is 5.02 Å². The second-order valence-electron chi connectivity index (χ2n) is 7.76. The van der Waals surface area contributed by atoms with Crippen molar-refractivity contribution >= 4 is 34.8 Å². The number of hydrogen-bond acceptors (Lipinski definition) is 4. The average molecular weight is 438 g/mol. The highest BCUT2D eigenvalue weighted by Crippen LogP contribution is 2.40. The van der Waals surface area contributed by atoms with E-state index in [1.807, 2.05) is 50.2 Å². The molecule has 2 atom stereocenters. The number of likely N-dealkylation sites (N-methyl/N-ethyl adjacent to an activating group) is 1. The van der Waals surface area contributed by atoms with Gasteiger partial charge < -0.3 is 14.3 Å². The van der Waals surface area contributed by atoms with Crippen LogP contribution in [0, 0.1) is 6.92 Å². The number of aryl methyl sites for hydroxylation is 1. The Kier molecular flexibility index (Phi) is 5.83. The van der Waals surface area contributed by atoms with Crippen molar-refractivity contribution in [3.8, 4) is 0 Å². The Bertz CT molecular complexity index is 1110. The summed E-state index contributed by atoms with van der Waals surface area (Å²) >= 11 is 6.02. The van der Waals surface area contributed by atoms with E-state index in [1.54, 1.807) is 34.9 Å². The Balaban J connectivity index is 1.70. The fourth-order valence-electron chi connectivity index (χ4n) is 4.21. The minimum absolute atomic E-state index is 0.00623. The Morgan fingerprint density at radius 1 is 1.19 bits per heavy atom. The number of amides is 2. The van der Waals surface area contributed by atoms with Crippen LogP contribution in [0.15, 0.2) is 59.1 Å². The fourth-order valence-corrected chi connectivity index (χ4v) is 4.34. The van der Waals surface area contributed by atoms with Crippen LogP contribution < -0.4 is 9.80 Å². The molecule has 2 aromatic carbocycles. The van der Waals surface area contributed by atoms with Crippen molar-refractivity contribution in [2.24, 2.45) is 0 Å². The summed E-state index contributed by atoms with van der Waals surface area (Å²) in [6, 6.07) is 16.3. The summed E-state index contributed by atoms with van der Waals surface area (Å²) in [5.74, 6) is -0.411. The summed E-state index contributed by atoms with van der Waals surface area (Å²) in [7, 11) is 0. The fraction of sp³-hybridized carbons (Fsp3) is 0.292. The monoisotopic (exact) mass is 437 g/mol. The van der Waals surface area contributed by atoms with Gasteiger partial charge in [0.25, 0.3) is 5.91 Å². The van der Waals surface area contributed by atoms with Gasteiger partial charge >= 0.3 is 0 Å². The first-order valence-electron chi connectivity index (χ1n) is 10.3. The molecule has 7 heteroatoms. The number of aromatic nitrogens is 1. The number of nitrogens with zero attached hydrogens (tertiary/aromatic N) is 3. The van der Waals surface area contributed by atoms with E-state index in [9.17, 15) is 9.59 Å². The first-order valence-corrected chi connectivity index (χ1v) is 10.7. The molecule has 6 nitrogen and oxygen atoms in total. The van der Waals surface area contributed by atoms with Gasteiger partial charge in [-0.1, -0.05) is 35.0 Å². The van der Waals surface area contributed by atoms with Crippen LogP contribution in [0.1, 0.15) is 48.0 Å². The van der Waals surface area contributed by atoms with E-state index in [1.165, 1.54) is 0 Å². The van der Waals surface area contributed by atoms with Gasteiger partial charge in [-0.2, -0.15) is 0 Å². The Hall–Kier alpha value is -3.12. The third kappa shape index (κ3) is 3.95. The molecule has 0 unspecified atom stereocenters. The van der Waals surface area contributed by atoms with Gasteiger partial charge in [0.05, 0.1) is 11.6 Å². The number of halogens is 1. The third-order valence-corrected chi connectivity index (χ3v) is 5.92. The van der Waals surface area contributed by atoms with Crippen LogP contribution in [0.5, 0.6) is 0 Å². The zero-order valence-electron chi connectivity index (χ0n) is 17.7. The standard InChI is InChI=1S/C24H24ClN3O3/c1-4-27(18-11-9-17(25)10-12-18)23(29)20-14-16(3)28(21-8-6-5-7-19(20)21)24(30)22-13-15(2)26-31-22/h5-13,16,20H,4,14H2,1-3H3/t16-,20-/m1/s1. The molecule has 3 aromatic rings. The summed E-state index contributed by atoms with van der Waals surface area (Å²) < 4.78 is 5.21. The Labute approximate surface area is 186 Å². The molecule has 0 spiro atoms. The SMILES string of the molecule is CCN(C(=O)[C@@H]1C[C@@H](C)N(C(=O)c2cc(C)no2)c2ccccc21)c1ccc(Cl)cc1. The quantitative estimate of drug-likeness (QED) is 0.561. The van der Waals surface area contributed by atoms with Gasteiger partial charge in [-0.15, -0.1) is 0 Å². The molecule has 2 amide bonds.